The number of methoxy groups -OCH3 is 1. The monoisotopic (exact) mass is 285 g/mol. The summed E-state index contributed by atoms with van der Waals surface area (Å²) in [6, 6.07) is 2.94. The zero-order valence-electron chi connectivity index (χ0n) is 11.3. The van der Waals surface area contributed by atoms with Gasteiger partial charge < -0.3 is 10.5 Å². The summed E-state index contributed by atoms with van der Waals surface area (Å²) in [7, 11) is -2.06. The van der Waals surface area contributed by atoms with Crippen molar-refractivity contribution in [3.8, 4) is 0 Å². The summed E-state index contributed by atoms with van der Waals surface area (Å²) in [4.78, 5) is 3.84. The number of aromatic nitrogens is 1. The lowest BCUT2D eigenvalue weighted by Crippen LogP contribution is -2.61. The maximum absolute atomic E-state index is 12.2. The molecule has 1 heterocycles. The van der Waals surface area contributed by atoms with Gasteiger partial charge in [0.1, 0.15) is 0 Å². The normalized spacial score (nSPS) is 25.8. The van der Waals surface area contributed by atoms with Crippen molar-refractivity contribution >= 4 is 15.7 Å². The second-order valence-electron chi connectivity index (χ2n) is 5.35. The number of pyridine rings is 1. The van der Waals surface area contributed by atoms with Crippen LogP contribution >= 0.6 is 0 Å². The van der Waals surface area contributed by atoms with Gasteiger partial charge in [-0.3, -0.25) is 0 Å². The molecule has 1 aromatic rings. The van der Waals surface area contributed by atoms with Crippen molar-refractivity contribution in [1.29, 1.82) is 0 Å². The van der Waals surface area contributed by atoms with E-state index in [1.165, 1.54) is 12.3 Å². The molecule has 0 amide bonds. The first-order valence-electron chi connectivity index (χ1n) is 6.04. The third-order valence-corrected chi connectivity index (χ3v) is 5.26. The average molecular weight is 285 g/mol. The molecule has 1 aliphatic rings. The van der Waals surface area contributed by atoms with Gasteiger partial charge in [-0.15, -0.1) is 0 Å². The molecule has 1 aromatic heterocycles. The molecule has 0 radical (unpaired) electrons. The van der Waals surface area contributed by atoms with E-state index in [0.717, 1.165) is 0 Å². The number of rotatable bonds is 4. The summed E-state index contributed by atoms with van der Waals surface area (Å²) in [5.74, 6) is 0. The first-order chi connectivity index (χ1) is 8.79. The highest BCUT2D eigenvalue weighted by atomic mass is 32.2. The van der Waals surface area contributed by atoms with E-state index in [-0.39, 0.29) is 28.3 Å². The van der Waals surface area contributed by atoms with Crippen LogP contribution in [0.2, 0.25) is 0 Å². The summed E-state index contributed by atoms with van der Waals surface area (Å²) in [6.07, 6.45) is 2.12. The van der Waals surface area contributed by atoms with Crippen molar-refractivity contribution in [2.24, 2.45) is 5.41 Å². The van der Waals surface area contributed by atoms with Crippen molar-refractivity contribution in [3.05, 3.63) is 18.3 Å². The van der Waals surface area contributed by atoms with Crippen LogP contribution in [-0.4, -0.2) is 32.7 Å². The third kappa shape index (κ3) is 2.45. The molecule has 0 bridgehead atoms. The van der Waals surface area contributed by atoms with E-state index in [1.54, 1.807) is 13.2 Å². The van der Waals surface area contributed by atoms with Gasteiger partial charge in [0.05, 0.1) is 11.8 Å². The van der Waals surface area contributed by atoms with E-state index in [1.807, 2.05) is 13.8 Å². The highest BCUT2D eigenvalue weighted by molar-refractivity contribution is 7.89. The fraction of sp³-hybridized carbons (Fsp3) is 0.583. The summed E-state index contributed by atoms with van der Waals surface area (Å²) >= 11 is 0. The lowest BCUT2D eigenvalue weighted by Gasteiger charge is -2.50. The van der Waals surface area contributed by atoms with Crippen molar-refractivity contribution < 1.29 is 13.2 Å². The molecular weight excluding hydrogens is 266 g/mol. The highest BCUT2D eigenvalue weighted by Gasteiger charge is 2.50. The van der Waals surface area contributed by atoms with Crippen molar-refractivity contribution in [1.82, 2.24) is 9.71 Å². The predicted molar refractivity (Wildman–Crippen MR) is 72.0 cm³/mol. The second kappa shape index (κ2) is 4.73. The van der Waals surface area contributed by atoms with Gasteiger partial charge >= 0.3 is 0 Å². The standard InChI is InChI=1S/C12H19N3O3S/c1-12(2)9(7-10(12)18-3)15-19(16,17)11-8(13)5-4-6-14-11/h4-6,9-10,15H,7,13H2,1-3H3. The second-order valence-corrected chi connectivity index (χ2v) is 6.98. The van der Waals surface area contributed by atoms with Gasteiger partial charge in [0.25, 0.3) is 10.0 Å². The van der Waals surface area contributed by atoms with Crippen LogP contribution in [0.25, 0.3) is 0 Å². The van der Waals surface area contributed by atoms with E-state index < -0.39 is 10.0 Å². The van der Waals surface area contributed by atoms with Crippen LogP contribution in [-0.2, 0) is 14.8 Å². The van der Waals surface area contributed by atoms with E-state index in [4.69, 9.17) is 10.5 Å². The van der Waals surface area contributed by atoms with Crippen LogP contribution < -0.4 is 10.5 Å². The van der Waals surface area contributed by atoms with Crippen molar-refractivity contribution in [2.75, 3.05) is 12.8 Å². The number of sulfonamides is 1. The van der Waals surface area contributed by atoms with Gasteiger partial charge in [-0.25, -0.2) is 18.1 Å². The molecule has 1 aliphatic carbocycles. The fourth-order valence-corrected chi connectivity index (χ4v) is 3.82. The Kier molecular flexibility index (Phi) is 3.55. The summed E-state index contributed by atoms with van der Waals surface area (Å²) in [5.41, 5.74) is 5.56. The molecule has 2 atom stereocenters. The third-order valence-electron chi connectivity index (χ3n) is 3.81. The molecule has 0 aliphatic heterocycles. The summed E-state index contributed by atoms with van der Waals surface area (Å²) < 4.78 is 32.4. The molecule has 2 unspecified atom stereocenters. The van der Waals surface area contributed by atoms with Gasteiger partial charge in [-0.05, 0) is 18.6 Å². The molecule has 1 saturated carbocycles. The Morgan fingerprint density at radius 3 is 2.74 bits per heavy atom. The van der Waals surface area contributed by atoms with Crippen LogP contribution in [0.1, 0.15) is 20.3 Å². The number of nitrogens with one attached hydrogen (secondary N) is 1. The fourth-order valence-electron chi connectivity index (χ4n) is 2.36. The number of hydrogen-bond acceptors (Lipinski definition) is 5. The number of hydrogen-bond donors (Lipinski definition) is 2. The Morgan fingerprint density at radius 2 is 2.21 bits per heavy atom. The van der Waals surface area contributed by atoms with Crippen molar-refractivity contribution in [3.63, 3.8) is 0 Å². The van der Waals surface area contributed by atoms with Crippen LogP contribution in [0.5, 0.6) is 0 Å². The number of nitrogens with two attached hydrogens (primary N) is 1. The molecule has 1 fully saturated rings. The molecule has 0 saturated heterocycles. The highest BCUT2D eigenvalue weighted by Crippen LogP contribution is 2.43. The Hall–Kier alpha value is -1.18. The maximum Gasteiger partial charge on any atom is 0.260 e. The number of anilines is 1. The minimum absolute atomic E-state index is 0.0567. The Bertz CT molecular complexity index is 571. The minimum atomic E-state index is -3.70. The van der Waals surface area contributed by atoms with Crippen LogP contribution in [0.15, 0.2) is 23.4 Å². The molecule has 6 nitrogen and oxygen atoms in total. The predicted octanol–water partition coefficient (Wildman–Crippen LogP) is 0.756. The minimum Gasteiger partial charge on any atom is -0.396 e. The summed E-state index contributed by atoms with van der Waals surface area (Å²) in [6.45, 7) is 3.94. The first-order valence-corrected chi connectivity index (χ1v) is 7.53. The maximum atomic E-state index is 12.2. The lowest BCUT2D eigenvalue weighted by molar-refractivity contribution is -0.0908. The van der Waals surface area contributed by atoms with E-state index in [0.29, 0.717) is 6.42 Å². The average Bonchev–Trinajstić information content (AvgIpc) is 2.34. The molecule has 0 aromatic carbocycles. The number of nitrogen functional groups attached to an aromatic ring is 1. The van der Waals surface area contributed by atoms with Crippen LogP contribution in [0.4, 0.5) is 5.69 Å². The SMILES string of the molecule is COC1CC(NS(=O)(=O)c2ncccc2N)C1(C)C. The number of nitrogens with zero attached hydrogens (tertiary/aromatic N) is 1. The molecule has 0 spiro atoms. The van der Waals surface area contributed by atoms with Gasteiger partial charge in [0.15, 0.2) is 5.03 Å². The summed E-state index contributed by atoms with van der Waals surface area (Å²) in [5, 5.41) is -0.119. The quantitative estimate of drug-likeness (QED) is 0.851. The first kappa shape index (κ1) is 14.2. The zero-order chi connectivity index (χ0) is 14.3. The smallest absolute Gasteiger partial charge is 0.260 e. The van der Waals surface area contributed by atoms with Gasteiger partial charge in [0.2, 0.25) is 0 Å². The largest absolute Gasteiger partial charge is 0.396 e. The van der Waals surface area contributed by atoms with Gasteiger partial charge in [-0.1, -0.05) is 13.8 Å². The molecule has 3 N–H and O–H groups in total. The van der Waals surface area contributed by atoms with Crippen LogP contribution in [0.3, 0.4) is 0 Å². The Labute approximate surface area is 113 Å². The molecule has 2 rings (SSSR count). The number of ether oxygens (including phenoxy) is 1. The van der Waals surface area contributed by atoms with Gasteiger partial charge in [-0.2, -0.15) is 0 Å². The van der Waals surface area contributed by atoms with E-state index >= 15 is 0 Å². The molecular formula is C12H19N3O3S. The van der Waals surface area contributed by atoms with E-state index in [9.17, 15) is 8.42 Å². The molecule has 7 heteroatoms. The topological polar surface area (TPSA) is 94.3 Å². The van der Waals surface area contributed by atoms with E-state index in [2.05, 4.69) is 9.71 Å². The Morgan fingerprint density at radius 1 is 1.53 bits per heavy atom. The molecule has 106 valence electrons. The van der Waals surface area contributed by atoms with Gasteiger partial charge in [0, 0.05) is 24.8 Å². The van der Waals surface area contributed by atoms with Crippen LogP contribution in [0, 0.1) is 5.41 Å². The Balaban J connectivity index is 2.19. The zero-order valence-corrected chi connectivity index (χ0v) is 12.1. The lowest BCUT2D eigenvalue weighted by atomic mass is 9.65. The molecule has 19 heavy (non-hydrogen) atoms. The van der Waals surface area contributed by atoms with Crippen molar-refractivity contribution in [2.45, 2.75) is 37.4 Å².